The van der Waals surface area contributed by atoms with Crippen LogP contribution in [0.1, 0.15) is 43.5 Å². The number of aromatic nitrogens is 1. The van der Waals surface area contributed by atoms with Crippen LogP contribution in [0, 0.1) is 0 Å². The van der Waals surface area contributed by atoms with E-state index in [0.717, 1.165) is 15.8 Å². The predicted octanol–water partition coefficient (Wildman–Crippen LogP) is 6.23. The highest BCUT2D eigenvalue weighted by atomic mass is 32.1. The molecule has 2 heterocycles. The van der Waals surface area contributed by atoms with E-state index in [1.54, 1.807) is 37.4 Å². The van der Waals surface area contributed by atoms with Crippen molar-refractivity contribution in [3.63, 3.8) is 0 Å². The number of hydrogen-bond acceptors (Lipinski definition) is 6. The molecule has 1 aromatic heterocycles. The second-order valence-corrected chi connectivity index (χ2v) is 10.7. The minimum absolute atomic E-state index is 0.0477. The van der Waals surface area contributed by atoms with Crippen molar-refractivity contribution in [3.05, 3.63) is 95.1 Å². The van der Waals surface area contributed by atoms with Crippen molar-refractivity contribution in [2.45, 2.75) is 32.2 Å². The largest absolute Gasteiger partial charge is 0.507 e. The molecule has 1 aliphatic rings. The molecular weight excluding hydrogens is 472 g/mol. The van der Waals surface area contributed by atoms with Crippen LogP contribution in [0.4, 0.5) is 5.13 Å². The lowest BCUT2D eigenvalue weighted by Crippen LogP contribution is -2.29. The number of anilines is 1. The van der Waals surface area contributed by atoms with Crippen molar-refractivity contribution in [1.29, 1.82) is 0 Å². The van der Waals surface area contributed by atoms with Gasteiger partial charge in [-0.3, -0.25) is 14.5 Å². The van der Waals surface area contributed by atoms with Crippen molar-refractivity contribution < 1.29 is 19.4 Å². The molecule has 0 aliphatic carbocycles. The number of benzene rings is 3. The minimum atomic E-state index is -0.818. The fraction of sp³-hybridized carbons (Fsp3) is 0.207. The Bertz CT molecular complexity index is 1500. The summed E-state index contributed by atoms with van der Waals surface area (Å²) in [4.78, 5) is 32.9. The van der Waals surface area contributed by atoms with Gasteiger partial charge < -0.3 is 9.84 Å². The first-order chi connectivity index (χ1) is 17.2. The zero-order chi connectivity index (χ0) is 25.6. The zero-order valence-corrected chi connectivity index (χ0v) is 21.3. The van der Waals surface area contributed by atoms with Crippen LogP contribution in [-0.4, -0.2) is 28.9 Å². The van der Waals surface area contributed by atoms with Crippen molar-refractivity contribution in [2.75, 3.05) is 12.0 Å². The first-order valence-electron chi connectivity index (χ1n) is 11.6. The number of fused-ring (bicyclic) bond motifs is 1. The van der Waals surface area contributed by atoms with Crippen LogP contribution in [0.2, 0.25) is 0 Å². The molecular formula is C29H26N2O4S. The third kappa shape index (κ3) is 4.05. The number of carbonyl (C=O) groups is 2. The number of carbonyl (C=O) groups excluding carboxylic acids is 2. The Hall–Kier alpha value is -3.97. The number of rotatable bonds is 4. The zero-order valence-electron chi connectivity index (χ0n) is 20.5. The van der Waals surface area contributed by atoms with E-state index in [0.29, 0.717) is 22.0 Å². The SMILES string of the molecule is COc1ccc2nc(N3C(=O)C(=O)C(=C(O)c4ccccc4)[C@H]3c3ccc(C(C)(C)C)cc3)sc2c1. The smallest absolute Gasteiger partial charge is 0.301 e. The molecule has 1 fully saturated rings. The first-order valence-corrected chi connectivity index (χ1v) is 12.4. The van der Waals surface area contributed by atoms with Gasteiger partial charge in [-0.1, -0.05) is 86.7 Å². The first kappa shape index (κ1) is 23.8. The summed E-state index contributed by atoms with van der Waals surface area (Å²) in [5.74, 6) is -0.983. The van der Waals surface area contributed by atoms with Gasteiger partial charge in [0.1, 0.15) is 11.5 Å². The number of nitrogens with zero attached hydrogens (tertiary/aromatic N) is 2. The van der Waals surface area contributed by atoms with Crippen molar-refractivity contribution >= 4 is 44.1 Å². The number of methoxy groups -OCH3 is 1. The van der Waals surface area contributed by atoms with Gasteiger partial charge in [-0.25, -0.2) is 4.98 Å². The van der Waals surface area contributed by atoms with Crippen LogP contribution in [0.5, 0.6) is 5.75 Å². The van der Waals surface area contributed by atoms with E-state index in [4.69, 9.17) is 4.74 Å². The average molecular weight is 499 g/mol. The topological polar surface area (TPSA) is 79.7 Å². The summed E-state index contributed by atoms with van der Waals surface area (Å²) < 4.78 is 6.16. The third-order valence-electron chi connectivity index (χ3n) is 6.37. The van der Waals surface area contributed by atoms with Crippen LogP contribution >= 0.6 is 11.3 Å². The normalized spacial score (nSPS) is 17.7. The van der Waals surface area contributed by atoms with Crippen molar-refractivity contribution in [1.82, 2.24) is 4.98 Å². The fourth-order valence-corrected chi connectivity index (χ4v) is 5.41. The van der Waals surface area contributed by atoms with Crippen molar-refractivity contribution in [2.24, 2.45) is 0 Å². The van der Waals surface area contributed by atoms with Crippen LogP contribution < -0.4 is 9.64 Å². The molecule has 0 spiro atoms. The Kier molecular flexibility index (Phi) is 5.88. The third-order valence-corrected chi connectivity index (χ3v) is 7.39. The van der Waals surface area contributed by atoms with Gasteiger partial charge in [0.15, 0.2) is 5.13 Å². The van der Waals surface area contributed by atoms with Gasteiger partial charge in [-0.2, -0.15) is 0 Å². The quantitative estimate of drug-likeness (QED) is 0.205. The molecule has 0 radical (unpaired) electrons. The number of amides is 1. The molecule has 0 unspecified atom stereocenters. The summed E-state index contributed by atoms with van der Waals surface area (Å²) in [7, 11) is 1.59. The monoisotopic (exact) mass is 498 g/mol. The Labute approximate surface area is 213 Å². The summed E-state index contributed by atoms with van der Waals surface area (Å²) in [6, 6.07) is 21.3. The Morgan fingerprint density at radius 1 is 1.00 bits per heavy atom. The Morgan fingerprint density at radius 2 is 1.69 bits per heavy atom. The number of ketones is 1. The molecule has 1 aliphatic heterocycles. The van der Waals surface area contributed by atoms with E-state index in [-0.39, 0.29) is 16.7 Å². The second kappa shape index (κ2) is 8.91. The van der Waals surface area contributed by atoms with E-state index in [1.807, 2.05) is 42.5 Å². The van der Waals surface area contributed by atoms with Crippen LogP contribution in [0.15, 0.2) is 78.4 Å². The molecule has 1 saturated heterocycles. The molecule has 4 aromatic rings. The van der Waals surface area contributed by atoms with Gasteiger partial charge in [0.25, 0.3) is 5.78 Å². The molecule has 1 N–H and O–H groups in total. The summed E-state index contributed by atoms with van der Waals surface area (Å²) in [6.07, 6.45) is 0. The molecule has 182 valence electrons. The maximum Gasteiger partial charge on any atom is 0.301 e. The fourth-order valence-electron chi connectivity index (χ4n) is 4.38. The van der Waals surface area contributed by atoms with Gasteiger partial charge >= 0.3 is 5.91 Å². The van der Waals surface area contributed by atoms with E-state index in [1.165, 1.54) is 16.2 Å². The number of thiazole rings is 1. The number of Topliss-reactive ketones (excluding diaryl/α,β-unsaturated/α-hetero) is 1. The van der Waals surface area contributed by atoms with Crippen LogP contribution in [0.3, 0.4) is 0 Å². The summed E-state index contributed by atoms with van der Waals surface area (Å²) in [6.45, 7) is 6.37. The highest BCUT2D eigenvalue weighted by Gasteiger charge is 2.48. The van der Waals surface area contributed by atoms with E-state index in [9.17, 15) is 14.7 Å². The molecule has 1 amide bonds. The number of ether oxygens (including phenoxy) is 1. The Balaban J connectivity index is 1.70. The molecule has 1 atom stereocenters. The number of aliphatic hydroxyl groups excluding tert-OH is 1. The Morgan fingerprint density at radius 3 is 2.33 bits per heavy atom. The molecule has 0 saturated carbocycles. The summed E-state index contributed by atoms with van der Waals surface area (Å²) in [5, 5.41) is 11.6. The lowest BCUT2D eigenvalue weighted by molar-refractivity contribution is -0.132. The minimum Gasteiger partial charge on any atom is -0.507 e. The molecule has 0 bridgehead atoms. The van der Waals surface area contributed by atoms with Crippen molar-refractivity contribution in [3.8, 4) is 5.75 Å². The second-order valence-electron chi connectivity index (χ2n) is 9.74. The van der Waals surface area contributed by atoms with Crippen LogP contribution in [-0.2, 0) is 15.0 Å². The molecule has 5 rings (SSSR count). The standard InChI is InChI=1S/C29H26N2O4S/c1-29(2,3)19-12-10-17(11-13-19)24-23(25(32)18-8-6-5-7-9-18)26(33)27(34)31(24)28-30-21-15-14-20(35-4)16-22(21)36-28/h5-16,24,32H,1-4H3/t24-/m1/s1. The molecule has 3 aromatic carbocycles. The average Bonchev–Trinajstić information content (AvgIpc) is 3.41. The van der Waals surface area contributed by atoms with E-state index >= 15 is 0 Å². The lowest BCUT2D eigenvalue weighted by atomic mass is 9.85. The maximum absolute atomic E-state index is 13.4. The van der Waals surface area contributed by atoms with Gasteiger partial charge in [-0.05, 0) is 34.7 Å². The highest BCUT2D eigenvalue weighted by molar-refractivity contribution is 7.22. The van der Waals surface area contributed by atoms with Gasteiger partial charge in [-0.15, -0.1) is 0 Å². The van der Waals surface area contributed by atoms with Gasteiger partial charge in [0, 0.05) is 5.56 Å². The predicted molar refractivity (Wildman–Crippen MR) is 143 cm³/mol. The lowest BCUT2D eigenvalue weighted by Gasteiger charge is -2.24. The van der Waals surface area contributed by atoms with Crippen LogP contribution in [0.25, 0.3) is 16.0 Å². The maximum atomic E-state index is 13.4. The molecule has 7 heteroatoms. The summed E-state index contributed by atoms with van der Waals surface area (Å²) >= 11 is 1.30. The van der Waals surface area contributed by atoms with E-state index < -0.39 is 17.7 Å². The molecule has 36 heavy (non-hydrogen) atoms. The number of hydrogen-bond donors (Lipinski definition) is 1. The van der Waals surface area contributed by atoms with Gasteiger partial charge in [0.05, 0.1) is 28.9 Å². The number of aliphatic hydroxyl groups is 1. The highest BCUT2D eigenvalue weighted by Crippen LogP contribution is 2.45. The summed E-state index contributed by atoms with van der Waals surface area (Å²) in [5.41, 5.74) is 3.00. The van der Waals surface area contributed by atoms with Gasteiger partial charge in [0.2, 0.25) is 0 Å². The molecule has 6 nitrogen and oxygen atoms in total. The van der Waals surface area contributed by atoms with E-state index in [2.05, 4.69) is 25.8 Å².